The zero-order chi connectivity index (χ0) is 13.1. The fourth-order valence-corrected chi connectivity index (χ4v) is 1.82. The number of carbonyl (C=O) groups is 1. The van der Waals surface area contributed by atoms with E-state index < -0.39 is 5.92 Å². The van der Waals surface area contributed by atoms with Gasteiger partial charge < -0.3 is 4.42 Å². The van der Waals surface area contributed by atoms with E-state index in [-0.39, 0.29) is 11.5 Å². The number of nitrogens with zero attached hydrogens (tertiary/aromatic N) is 1. The van der Waals surface area contributed by atoms with Crippen molar-refractivity contribution in [1.82, 2.24) is 0 Å². The van der Waals surface area contributed by atoms with Crippen molar-refractivity contribution in [1.29, 1.82) is 5.26 Å². The fraction of sp³-hybridized carbons (Fsp3) is 0.143. The van der Waals surface area contributed by atoms with Crippen molar-refractivity contribution in [2.24, 2.45) is 0 Å². The molecule has 0 aliphatic rings. The number of halogens is 1. The Labute approximate surface area is 110 Å². The van der Waals surface area contributed by atoms with Crippen LogP contribution in [0.25, 0.3) is 0 Å². The molecule has 4 heteroatoms. The maximum atomic E-state index is 12.2. The van der Waals surface area contributed by atoms with Crippen molar-refractivity contribution in [3.63, 3.8) is 0 Å². The van der Waals surface area contributed by atoms with Crippen LogP contribution in [0.2, 0.25) is 5.02 Å². The third kappa shape index (κ3) is 2.29. The van der Waals surface area contributed by atoms with Crippen LogP contribution in [0, 0.1) is 18.3 Å². The van der Waals surface area contributed by atoms with Gasteiger partial charge in [-0.25, -0.2) is 0 Å². The number of Topliss-reactive ketones (excluding diaryl/α,β-unsaturated/α-hetero) is 1. The van der Waals surface area contributed by atoms with Gasteiger partial charge in [-0.1, -0.05) is 23.7 Å². The molecule has 0 aliphatic carbocycles. The highest BCUT2D eigenvalue weighted by atomic mass is 35.5. The third-order valence-corrected chi connectivity index (χ3v) is 2.93. The lowest BCUT2D eigenvalue weighted by molar-refractivity contribution is 0.0951. The Morgan fingerprint density at radius 2 is 2.00 bits per heavy atom. The van der Waals surface area contributed by atoms with Crippen LogP contribution >= 0.6 is 11.6 Å². The summed E-state index contributed by atoms with van der Waals surface area (Å²) in [6.07, 6.45) is 1.44. The molecule has 2 rings (SSSR count). The quantitative estimate of drug-likeness (QED) is 0.789. The van der Waals surface area contributed by atoms with E-state index in [0.717, 1.165) is 5.56 Å². The molecular weight excluding hydrogens is 250 g/mol. The molecule has 2 aromatic rings. The van der Waals surface area contributed by atoms with Crippen LogP contribution in [0.5, 0.6) is 0 Å². The molecule has 0 radical (unpaired) electrons. The number of aryl methyl sites for hydroxylation is 1. The molecule has 1 aromatic heterocycles. The molecule has 0 saturated carbocycles. The molecule has 1 atom stereocenters. The van der Waals surface area contributed by atoms with Crippen LogP contribution in [-0.2, 0) is 0 Å². The molecular formula is C14H10ClNO2. The van der Waals surface area contributed by atoms with E-state index in [9.17, 15) is 4.79 Å². The number of rotatable bonds is 3. The van der Waals surface area contributed by atoms with Gasteiger partial charge in [0.15, 0.2) is 5.76 Å². The molecule has 3 nitrogen and oxygen atoms in total. The number of nitriles is 1. The normalized spacial score (nSPS) is 11.8. The second-order valence-corrected chi connectivity index (χ2v) is 4.35. The van der Waals surface area contributed by atoms with Gasteiger partial charge in [0.1, 0.15) is 5.92 Å². The smallest absolute Gasteiger partial charge is 0.219 e. The monoisotopic (exact) mass is 259 g/mol. The van der Waals surface area contributed by atoms with Gasteiger partial charge in [0, 0.05) is 5.02 Å². The molecule has 1 aromatic carbocycles. The van der Waals surface area contributed by atoms with Crippen LogP contribution in [0.15, 0.2) is 41.0 Å². The van der Waals surface area contributed by atoms with Gasteiger partial charge in [-0.2, -0.15) is 5.26 Å². The summed E-state index contributed by atoms with van der Waals surface area (Å²) in [5.74, 6) is -0.967. The Kier molecular flexibility index (Phi) is 3.50. The lowest BCUT2D eigenvalue weighted by Gasteiger charge is -2.07. The van der Waals surface area contributed by atoms with Gasteiger partial charge in [0.05, 0.1) is 12.3 Å². The zero-order valence-electron chi connectivity index (χ0n) is 9.68. The summed E-state index contributed by atoms with van der Waals surface area (Å²) in [5.41, 5.74) is 1.34. The predicted octanol–water partition coefficient (Wildman–Crippen LogP) is 3.73. The molecule has 0 spiro atoms. The summed E-state index contributed by atoms with van der Waals surface area (Å²) >= 11 is 5.78. The van der Waals surface area contributed by atoms with Crippen molar-refractivity contribution in [2.75, 3.05) is 0 Å². The molecule has 0 saturated heterocycles. The van der Waals surface area contributed by atoms with Gasteiger partial charge in [-0.15, -0.1) is 0 Å². The van der Waals surface area contributed by atoms with Crippen molar-refractivity contribution in [2.45, 2.75) is 12.8 Å². The van der Waals surface area contributed by atoms with E-state index in [2.05, 4.69) is 0 Å². The van der Waals surface area contributed by atoms with Crippen LogP contribution in [0.3, 0.4) is 0 Å². The lowest BCUT2D eigenvalue weighted by Crippen LogP contribution is -2.11. The molecule has 18 heavy (non-hydrogen) atoms. The molecule has 0 amide bonds. The molecule has 0 fully saturated rings. The van der Waals surface area contributed by atoms with E-state index in [0.29, 0.717) is 10.6 Å². The number of hydrogen-bond donors (Lipinski definition) is 0. The van der Waals surface area contributed by atoms with Gasteiger partial charge in [-0.05, 0) is 36.2 Å². The van der Waals surface area contributed by atoms with E-state index in [1.54, 1.807) is 37.3 Å². The second-order valence-electron chi connectivity index (χ2n) is 3.91. The summed E-state index contributed by atoms with van der Waals surface area (Å²) in [7, 11) is 0. The number of benzene rings is 1. The minimum Gasteiger partial charge on any atom is -0.461 e. The highest BCUT2D eigenvalue weighted by molar-refractivity contribution is 6.30. The first kappa shape index (κ1) is 12.4. The van der Waals surface area contributed by atoms with Crippen molar-refractivity contribution in [3.8, 4) is 6.07 Å². The SMILES string of the molecule is Cc1ccoc1C(=O)C(C#N)c1ccc(Cl)cc1. The highest BCUT2D eigenvalue weighted by Crippen LogP contribution is 2.24. The van der Waals surface area contributed by atoms with Crippen LogP contribution in [-0.4, -0.2) is 5.78 Å². The largest absolute Gasteiger partial charge is 0.461 e. The Morgan fingerprint density at radius 3 is 2.50 bits per heavy atom. The van der Waals surface area contributed by atoms with Crippen LogP contribution in [0.4, 0.5) is 0 Å². The Morgan fingerprint density at radius 1 is 1.33 bits per heavy atom. The predicted molar refractivity (Wildman–Crippen MR) is 67.6 cm³/mol. The van der Waals surface area contributed by atoms with Crippen molar-refractivity contribution >= 4 is 17.4 Å². The Bertz CT molecular complexity index is 607. The van der Waals surface area contributed by atoms with E-state index in [1.165, 1.54) is 6.26 Å². The molecule has 0 bridgehead atoms. The molecule has 1 heterocycles. The summed E-state index contributed by atoms with van der Waals surface area (Å²) in [6.45, 7) is 1.77. The van der Waals surface area contributed by atoms with E-state index in [1.807, 2.05) is 6.07 Å². The minimum absolute atomic E-state index is 0.233. The third-order valence-electron chi connectivity index (χ3n) is 2.68. The first-order chi connectivity index (χ1) is 8.63. The summed E-state index contributed by atoms with van der Waals surface area (Å²) in [4.78, 5) is 12.2. The maximum absolute atomic E-state index is 12.2. The number of carbonyl (C=O) groups excluding carboxylic acids is 1. The van der Waals surface area contributed by atoms with Crippen molar-refractivity contribution < 1.29 is 9.21 Å². The summed E-state index contributed by atoms with van der Waals surface area (Å²) < 4.78 is 5.13. The maximum Gasteiger partial charge on any atom is 0.219 e. The topological polar surface area (TPSA) is 54.0 Å². The Balaban J connectivity index is 2.36. The van der Waals surface area contributed by atoms with Gasteiger partial charge >= 0.3 is 0 Å². The fourth-order valence-electron chi connectivity index (χ4n) is 1.70. The lowest BCUT2D eigenvalue weighted by atomic mass is 9.94. The summed E-state index contributed by atoms with van der Waals surface area (Å²) in [5, 5.41) is 9.73. The van der Waals surface area contributed by atoms with E-state index >= 15 is 0 Å². The van der Waals surface area contributed by atoms with Crippen molar-refractivity contribution in [3.05, 3.63) is 58.5 Å². The first-order valence-corrected chi connectivity index (χ1v) is 5.74. The second kappa shape index (κ2) is 5.07. The van der Waals surface area contributed by atoms with E-state index in [4.69, 9.17) is 21.3 Å². The summed E-state index contributed by atoms with van der Waals surface area (Å²) in [6, 6.07) is 10.4. The van der Waals surface area contributed by atoms with Crippen LogP contribution < -0.4 is 0 Å². The average Bonchev–Trinajstić information content (AvgIpc) is 2.78. The zero-order valence-corrected chi connectivity index (χ0v) is 10.4. The Hall–Kier alpha value is -2.05. The molecule has 1 unspecified atom stereocenters. The number of ketones is 1. The standard InChI is InChI=1S/C14H10ClNO2/c1-9-6-7-18-14(9)13(17)12(8-16)10-2-4-11(15)5-3-10/h2-7,12H,1H3. The molecule has 90 valence electrons. The molecule has 0 aliphatic heterocycles. The van der Waals surface area contributed by atoms with Gasteiger partial charge in [0.2, 0.25) is 5.78 Å². The van der Waals surface area contributed by atoms with Gasteiger partial charge in [-0.3, -0.25) is 4.79 Å². The molecule has 0 N–H and O–H groups in total. The van der Waals surface area contributed by atoms with Crippen LogP contribution in [0.1, 0.15) is 27.6 Å². The number of furan rings is 1. The average molecular weight is 260 g/mol. The highest BCUT2D eigenvalue weighted by Gasteiger charge is 2.25. The first-order valence-electron chi connectivity index (χ1n) is 5.37. The number of hydrogen-bond acceptors (Lipinski definition) is 3. The minimum atomic E-state index is -0.868. The van der Waals surface area contributed by atoms with Gasteiger partial charge in [0.25, 0.3) is 0 Å².